The molecule has 1 fully saturated rings. The first-order valence-electron chi connectivity index (χ1n) is 7.10. The molecule has 0 atom stereocenters. The summed E-state index contributed by atoms with van der Waals surface area (Å²) < 4.78 is 41.5. The van der Waals surface area contributed by atoms with E-state index >= 15 is 0 Å². The predicted octanol–water partition coefficient (Wildman–Crippen LogP) is 1.77. The zero-order valence-electron chi connectivity index (χ0n) is 12.9. The molecule has 0 saturated carbocycles. The lowest BCUT2D eigenvalue weighted by Crippen LogP contribution is -2.44. The minimum atomic E-state index is -4.72. The molecule has 1 aliphatic heterocycles. The van der Waals surface area contributed by atoms with E-state index in [0.29, 0.717) is 13.1 Å². The van der Waals surface area contributed by atoms with Crippen molar-refractivity contribution in [3.05, 3.63) is 35.7 Å². The highest BCUT2D eigenvalue weighted by molar-refractivity contribution is 5.95. The molecular formula is C14H12F3N5O3. The van der Waals surface area contributed by atoms with E-state index in [-0.39, 0.29) is 23.0 Å². The van der Waals surface area contributed by atoms with Crippen molar-refractivity contribution in [2.24, 2.45) is 0 Å². The summed E-state index contributed by atoms with van der Waals surface area (Å²) in [5, 5.41) is 4.45. The van der Waals surface area contributed by atoms with E-state index in [9.17, 15) is 22.8 Å². The zero-order chi connectivity index (χ0) is 18.2. The van der Waals surface area contributed by atoms with E-state index in [1.807, 2.05) is 0 Å². The minimum Gasteiger partial charge on any atom is -0.329 e. The van der Waals surface area contributed by atoms with Crippen LogP contribution in [0.4, 0.5) is 18.0 Å². The molecule has 1 aromatic heterocycles. The van der Waals surface area contributed by atoms with Gasteiger partial charge in [0.1, 0.15) is 0 Å². The summed E-state index contributed by atoms with van der Waals surface area (Å²) in [5.74, 6) is -2.20. The van der Waals surface area contributed by atoms with Gasteiger partial charge >= 0.3 is 18.1 Å². The highest BCUT2D eigenvalue weighted by Crippen LogP contribution is 2.29. The second-order valence-electron chi connectivity index (χ2n) is 5.29. The summed E-state index contributed by atoms with van der Waals surface area (Å²) in [6.07, 6.45) is -4.72. The molecule has 8 nitrogen and oxygen atoms in total. The number of hydrazine groups is 1. The lowest BCUT2D eigenvalue weighted by Gasteiger charge is -2.16. The monoisotopic (exact) mass is 355 g/mol. The predicted molar refractivity (Wildman–Crippen MR) is 76.9 cm³/mol. The third-order valence-corrected chi connectivity index (χ3v) is 3.53. The van der Waals surface area contributed by atoms with E-state index in [1.54, 1.807) is 7.05 Å². The van der Waals surface area contributed by atoms with E-state index in [1.165, 1.54) is 34.2 Å². The fourth-order valence-corrected chi connectivity index (χ4v) is 2.16. The molecule has 1 N–H and O–H groups in total. The molecule has 0 bridgehead atoms. The maximum atomic E-state index is 12.5. The smallest absolute Gasteiger partial charge is 0.329 e. The second-order valence-corrected chi connectivity index (χ2v) is 5.29. The Morgan fingerprint density at radius 2 is 1.92 bits per heavy atom. The van der Waals surface area contributed by atoms with Crippen molar-refractivity contribution in [1.29, 1.82) is 0 Å². The van der Waals surface area contributed by atoms with Crippen LogP contribution in [0.15, 0.2) is 28.8 Å². The third kappa shape index (κ3) is 3.39. The van der Waals surface area contributed by atoms with E-state index < -0.39 is 18.0 Å². The van der Waals surface area contributed by atoms with Crippen molar-refractivity contribution in [3.8, 4) is 11.4 Å². The summed E-state index contributed by atoms with van der Waals surface area (Å²) in [5.41, 5.74) is 2.95. The summed E-state index contributed by atoms with van der Waals surface area (Å²) in [6.45, 7) is 0.861. The number of alkyl halides is 3. The Hall–Kier alpha value is -3.11. The van der Waals surface area contributed by atoms with E-state index in [2.05, 4.69) is 20.1 Å². The maximum Gasteiger partial charge on any atom is 0.471 e. The molecule has 1 aliphatic rings. The van der Waals surface area contributed by atoms with Gasteiger partial charge in [-0.1, -0.05) is 17.3 Å². The molecule has 132 valence electrons. The third-order valence-electron chi connectivity index (χ3n) is 3.53. The van der Waals surface area contributed by atoms with Crippen LogP contribution in [0.5, 0.6) is 0 Å². The number of halogens is 3. The number of rotatable bonds is 3. The Balaban J connectivity index is 1.71. The van der Waals surface area contributed by atoms with Crippen LogP contribution in [0.1, 0.15) is 16.2 Å². The molecule has 1 saturated heterocycles. The van der Waals surface area contributed by atoms with Crippen molar-refractivity contribution in [2.45, 2.75) is 6.18 Å². The molecule has 3 rings (SSSR count). The molecule has 11 heteroatoms. The van der Waals surface area contributed by atoms with Crippen LogP contribution < -0.4 is 5.43 Å². The number of carbonyl (C=O) groups is 2. The summed E-state index contributed by atoms with van der Waals surface area (Å²) in [6, 6.07) is 5.23. The molecule has 3 amide bonds. The molecule has 1 aromatic carbocycles. The SMILES string of the molecule is CN1CCN(NC(=O)c2ccc(-c3noc(C(F)(F)F)n3)cc2)C1=O. The van der Waals surface area contributed by atoms with Crippen molar-refractivity contribution in [1.82, 2.24) is 25.5 Å². The topological polar surface area (TPSA) is 91.6 Å². The average molecular weight is 355 g/mol. The Bertz CT molecular complexity index is 803. The van der Waals surface area contributed by atoms with Crippen molar-refractivity contribution < 1.29 is 27.3 Å². The Morgan fingerprint density at radius 3 is 2.44 bits per heavy atom. The van der Waals surface area contributed by atoms with Crippen molar-refractivity contribution in [3.63, 3.8) is 0 Å². The van der Waals surface area contributed by atoms with Gasteiger partial charge in [-0.05, 0) is 12.1 Å². The molecular weight excluding hydrogens is 343 g/mol. The van der Waals surface area contributed by atoms with Gasteiger partial charge in [0.25, 0.3) is 5.91 Å². The Morgan fingerprint density at radius 1 is 1.24 bits per heavy atom. The number of urea groups is 1. The molecule has 0 aliphatic carbocycles. The number of hydrogen-bond donors (Lipinski definition) is 1. The van der Waals surface area contributed by atoms with Crippen molar-refractivity contribution in [2.75, 3.05) is 20.1 Å². The fourth-order valence-electron chi connectivity index (χ4n) is 2.16. The molecule has 2 heterocycles. The van der Waals surface area contributed by atoms with Crippen molar-refractivity contribution >= 4 is 11.9 Å². The van der Waals surface area contributed by atoms with Crippen LogP contribution in [-0.2, 0) is 6.18 Å². The van der Waals surface area contributed by atoms with Gasteiger partial charge in [0.15, 0.2) is 0 Å². The van der Waals surface area contributed by atoms with Crippen LogP contribution in [0.2, 0.25) is 0 Å². The lowest BCUT2D eigenvalue weighted by molar-refractivity contribution is -0.159. The minimum absolute atomic E-state index is 0.227. The summed E-state index contributed by atoms with van der Waals surface area (Å²) in [7, 11) is 1.61. The molecule has 0 spiro atoms. The largest absolute Gasteiger partial charge is 0.471 e. The quantitative estimate of drug-likeness (QED) is 0.906. The molecule has 25 heavy (non-hydrogen) atoms. The first-order valence-corrected chi connectivity index (χ1v) is 7.10. The van der Waals surface area contributed by atoms with E-state index in [0.717, 1.165) is 0 Å². The van der Waals surface area contributed by atoms with Gasteiger partial charge in [-0.2, -0.15) is 18.2 Å². The van der Waals surface area contributed by atoms with Gasteiger partial charge in [0, 0.05) is 24.7 Å². The average Bonchev–Trinajstić information content (AvgIpc) is 3.18. The number of amides is 3. The van der Waals surface area contributed by atoms with E-state index in [4.69, 9.17) is 0 Å². The van der Waals surface area contributed by atoms with Crippen LogP contribution in [0.25, 0.3) is 11.4 Å². The summed E-state index contributed by atoms with van der Waals surface area (Å²) in [4.78, 5) is 28.5. The van der Waals surface area contributed by atoms with Gasteiger partial charge < -0.3 is 9.42 Å². The molecule has 0 unspecified atom stereocenters. The Labute approximate surface area is 139 Å². The first kappa shape index (κ1) is 16.7. The van der Waals surface area contributed by atoms with Gasteiger partial charge in [0.2, 0.25) is 5.82 Å². The maximum absolute atomic E-state index is 12.5. The standard InChI is InChI=1S/C14H12F3N5O3/c1-21-6-7-22(13(21)24)19-11(23)9-4-2-8(3-5-9)10-18-12(25-20-10)14(15,16)17/h2-5H,6-7H2,1H3,(H,19,23). The second kappa shape index (κ2) is 6.07. The lowest BCUT2D eigenvalue weighted by atomic mass is 10.1. The number of nitrogens with zero attached hydrogens (tertiary/aromatic N) is 4. The Kier molecular flexibility index (Phi) is 4.07. The number of benzene rings is 1. The molecule has 0 radical (unpaired) electrons. The number of nitrogens with one attached hydrogen (secondary N) is 1. The highest BCUT2D eigenvalue weighted by atomic mass is 19.4. The number of hydrogen-bond acceptors (Lipinski definition) is 5. The van der Waals surface area contributed by atoms with Crippen LogP contribution >= 0.6 is 0 Å². The van der Waals surface area contributed by atoms with Gasteiger partial charge in [-0.3, -0.25) is 10.2 Å². The van der Waals surface area contributed by atoms with Gasteiger partial charge in [-0.15, -0.1) is 0 Å². The molecule has 2 aromatic rings. The highest BCUT2D eigenvalue weighted by Gasteiger charge is 2.38. The fraction of sp³-hybridized carbons (Fsp3) is 0.286. The number of aromatic nitrogens is 2. The van der Waals surface area contributed by atoms with Gasteiger partial charge in [0.05, 0.1) is 6.54 Å². The normalized spacial score (nSPS) is 15.0. The van der Waals surface area contributed by atoms with Crippen LogP contribution in [-0.4, -0.2) is 52.1 Å². The van der Waals surface area contributed by atoms with Crippen LogP contribution in [0, 0.1) is 0 Å². The number of likely N-dealkylation sites (N-methyl/N-ethyl adjacent to an activating group) is 1. The summed E-state index contributed by atoms with van der Waals surface area (Å²) >= 11 is 0. The van der Waals surface area contributed by atoms with Crippen LogP contribution in [0.3, 0.4) is 0 Å². The first-order chi connectivity index (χ1) is 11.8. The number of carbonyl (C=O) groups excluding carboxylic acids is 2. The zero-order valence-corrected chi connectivity index (χ0v) is 12.9. The van der Waals surface area contributed by atoms with Gasteiger partial charge in [-0.25, -0.2) is 9.80 Å².